The van der Waals surface area contributed by atoms with Gasteiger partial charge in [0.1, 0.15) is 42.7 Å². The van der Waals surface area contributed by atoms with Crippen LogP contribution in [0.1, 0.15) is 77.6 Å². The molecular formula is C30H62N6O11. The van der Waals surface area contributed by atoms with Crippen molar-refractivity contribution < 1.29 is 54.4 Å². The number of aliphatic carboxylic acids is 1. The maximum absolute atomic E-state index is 11.0. The monoisotopic (exact) mass is 682 g/mol. The molecule has 3 rings (SSSR count). The zero-order valence-corrected chi connectivity index (χ0v) is 27.5. The maximum atomic E-state index is 11.0. The molecule has 18 N–H and O–H groups in total. The molecule has 2 aliphatic heterocycles. The van der Waals surface area contributed by atoms with Crippen LogP contribution in [0, 0.1) is 0 Å². The fourth-order valence-electron chi connectivity index (χ4n) is 6.05. The molecule has 17 nitrogen and oxygen atoms in total. The number of hydrogen-bond donors (Lipinski definition) is 12. The van der Waals surface area contributed by atoms with Crippen LogP contribution in [0.3, 0.4) is 0 Å². The van der Waals surface area contributed by atoms with E-state index in [1.54, 1.807) is 0 Å². The number of hydrogen-bond acceptors (Lipinski definition) is 16. The number of carboxylic acids is 1. The molecular weight excluding hydrogens is 620 g/mol. The number of carbonyl (C=O) groups is 1. The summed E-state index contributed by atoms with van der Waals surface area (Å²) in [6.07, 6.45) is -0.307. The lowest BCUT2D eigenvalue weighted by atomic mass is 9.84. The van der Waals surface area contributed by atoms with Gasteiger partial charge in [0, 0.05) is 18.6 Å². The van der Waals surface area contributed by atoms with Gasteiger partial charge < -0.3 is 84.0 Å². The zero-order chi connectivity index (χ0) is 35.3. The molecule has 0 radical (unpaired) electrons. The van der Waals surface area contributed by atoms with Crippen molar-refractivity contribution in [3.8, 4) is 0 Å². The summed E-state index contributed by atoms with van der Waals surface area (Å²) in [6, 6.07) is -3.93. The number of unbranched alkanes of at least 4 members (excludes halogenated alkanes) is 7. The van der Waals surface area contributed by atoms with Gasteiger partial charge >= 0.3 is 5.97 Å². The van der Waals surface area contributed by atoms with Crippen LogP contribution in [0.15, 0.2) is 0 Å². The van der Waals surface area contributed by atoms with E-state index in [9.17, 15) is 30.3 Å². The van der Waals surface area contributed by atoms with E-state index in [2.05, 4.69) is 6.92 Å². The van der Waals surface area contributed by atoms with E-state index in [1.807, 2.05) is 0 Å². The maximum Gasteiger partial charge on any atom is 0.320 e. The van der Waals surface area contributed by atoms with E-state index in [0.717, 1.165) is 12.8 Å². The minimum absolute atomic E-state index is 0.0542. The van der Waals surface area contributed by atoms with E-state index in [4.69, 9.17) is 58.5 Å². The van der Waals surface area contributed by atoms with Crippen LogP contribution in [0.2, 0.25) is 0 Å². The first kappa shape index (κ1) is 42.0. The number of carboxylic acid groups (broad SMARTS) is 1. The lowest BCUT2D eigenvalue weighted by Crippen LogP contribution is -2.68. The van der Waals surface area contributed by atoms with E-state index in [1.165, 1.54) is 38.5 Å². The second kappa shape index (κ2) is 21.2. The molecule has 17 heteroatoms. The zero-order valence-electron chi connectivity index (χ0n) is 27.5. The third kappa shape index (κ3) is 12.6. The minimum atomic E-state index is -1.44. The molecule has 0 bridgehead atoms. The van der Waals surface area contributed by atoms with E-state index < -0.39 is 104 Å². The molecule has 15 atom stereocenters. The second-order valence-electron chi connectivity index (χ2n) is 13.0. The third-order valence-corrected chi connectivity index (χ3v) is 9.10. The molecule has 278 valence electrons. The van der Waals surface area contributed by atoms with Crippen molar-refractivity contribution in [2.24, 2.45) is 34.4 Å². The van der Waals surface area contributed by atoms with Gasteiger partial charge in [-0.15, -0.1) is 0 Å². The predicted molar refractivity (Wildman–Crippen MR) is 171 cm³/mol. The van der Waals surface area contributed by atoms with Crippen LogP contribution in [0.25, 0.3) is 0 Å². The molecule has 2 saturated heterocycles. The third-order valence-electron chi connectivity index (χ3n) is 9.10. The Kier molecular flexibility index (Phi) is 18.9. The quantitative estimate of drug-likeness (QED) is 0.0707. The topological polar surface area (TPSA) is 331 Å². The average molecular weight is 683 g/mol. The van der Waals surface area contributed by atoms with Gasteiger partial charge in [0.05, 0.1) is 30.9 Å². The summed E-state index contributed by atoms with van der Waals surface area (Å²) in [5.41, 5.74) is 35.2. The Balaban J connectivity index is 0.000000433. The number of rotatable bonds is 16. The average Bonchev–Trinajstić information content (AvgIpc) is 3.03. The second-order valence-corrected chi connectivity index (χ2v) is 13.0. The lowest BCUT2D eigenvalue weighted by molar-refractivity contribution is -0.314. The first-order valence-corrected chi connectivity index (χ1v) is 16.9. The smallest absolute Gasteiger partial charge is 0.320 e. The van der Waals surface area contributed by atoms with Crippen LogP contribution in [0.5, 0.6) is 0 Å². The summed E-state index contributed by atoms with van der Waals surface area (Å²) in [5, 5.41) is 59.3. The highest BCUT2D eigenvalue weighted by molar-refractivity contribution is 5.72. The molecule has 47 heavy (non-hydrogen) atoms. The normalized spacial score (nSPS) is 39.9. The fourth-order valence-corrected chi connectivity index (χ4v) is 6.05. The van der Waals surface area contributed by atoms with Gasteiger partial charge in [0.2, 0.25) is 0 Å². The van der Waals surface area contributed by atoms with Crippen LogP contribution >= 0.6 is 0 Å². The first-order chi connectivity index (χ1) is 22.3. The molecule has 0 amide bonds. The molecule has 0 spiro atoms. The van der Waals surface area contributed by atoms with Crippen LogP contribution in [0.4, 0.5) is 0 Å². The Bertz CT molecular complexity index is 882. The Morgan fingerprint density at radius 3 is 1.83 bits per heavy atom. The van der Waals surface area contributed by atoms with Crippen molar-refractivity contribution in [1.82, 2.24) is 0 Å². The van der Waals surface area contributed by atoms with Gasteiger partial charge in [-0.1, -0.05) is 58.3 Å². The fraction of sp³-hybridized carbons (Fsp3) is 0.967. The first-order valence-electron chi connectivity index (χ1n) is 16.9. The van der Waals surface area contributed by atoms with Gasteiger partial charge in [0.15, 0.2) is 12.6 Å². The van der Waals surface area contributed by atoms with Crippen molar-refractivity contribution in [3.63, 3.8) is 0 Å². The molecule has 0 aromatic carbocycles. The molecule has 1 saturated carbocycles. The Hall–Kier alpha value is -1.13. The van der Waals surface area contributed by atoms with Gasteiger partial charge in [-0.2, -0.15) is 0 Å². The highest BCUT2D eigenvalue weighted by Crippen LogP contribution is 2.30. The Labute approximate surface area is 277 Å². The minimum Gasteiger partial charge on any atom is -0.480 e. The van der Waals surface area contributed by atoms with Crippen molar-refractivity contribution >= 4 is 5.97 Å². The molecule has 0 aromatic heterocycles. The number of aliphatic hydroxyl groups excluding tert-OH is 5. The van der Waals surface area contributed by atoms with Gasteiger partial charge in [0.25, 0.3) is 0 Å². The van der Waals surface area contributed by atoms with Crippen LogP contribution in [-0.4, -0.2) is 141 Å². The Morgan fingerprint density at radius 2 is 1.30 bits per heavy atom. The molecule has 3 aliphatic rings. The summed E-state index contributed by atoms with van der Waals surface area (Å²) in [6.45, 7) is 1.72. The highest BCUT2D eigenvalue weighted by Gasteiger charge is 2.50. The standard InChI is InChI=1S/C18H37N5O9.C12H25NO2/c19-3-9-8(25)2-7(22)17(29-9)31-15-5(20)1-6(21)16(14(15)28)32-18-13(27)11(23)12(26)10(4-24)30-18;1-2-3-4-5-6-7-8-9-10-11(13)12(14)15/h5-18,24-28H,1-4,19-23H2;11H,2-10,13H2,1H3,(H,14,15)/t5-,6+,7+,8-,9+,10+,11-,12+,13+,14-,15+,16-,17+,18+;/m0./s1. The highest BCUT2D eigenvalue weighted by atomic mass is 16.7. The predicted octanol–water partition coefficient (Wildman–Crippen LogP) is -3.37. The van der Waals surface area contributed by atoms with E-state index in [0.29, 0.717) is 6.42 Å². The summed E-state index contributed by atoms with van der Waals surface area (Å²) in [7, 11) is 0. The molecule has 2 heterocycles. The Morgan fingerprint density at radius 1 is 0.766 bits per heavy atom. The van der Waals surface area contributed by atoms with Crippen LogP contribution in [-0.2, 0) is 23.7 Å². The van der Waals surface area contributed by atoms with Crippen LogP contribution < -0.4 is 34.4 Å². The molecule has 0 aromatic rings. The summed E-state index contributed by atoms with van der Waals surface area (Å²) in [4.78, 5) is 10.4. The van der Waals surface area contributed by atoms with Crippen molar-refractivity contribution in [2.75, 3.05) is 13.2 Å². The SMILES string of the molecule is CCCCCCCCCCC(N)C(=O)O.NC[C@H]1O[C@H](O[C@H]2[C@H](O)[C@@H](O[C@H]3O[C@H](CO)[C@@H](O)[C@H](N)[C@H]3O)[C@H](N)C[C@@H]2N)[C@H](N)C[C@@H]1O. The molecule has 1 unspecified atom stereocenters. The number of aliphatic hydroxyl groups is 5. The largest absolute Gasteiger partial charge is 0.480 e. The molecule has 1 aliphatic carbocycles. The van der Waals surface area contributed by atoms with Crippen molar-refractivity contribution in [1.29, 1.82) is 0 Å². The van der Waals surface area contributed by atoms with Gasteiger partial charge in [-0.25, -0.2) is 0 Å². The number of ether oxygens (including phenoxy) is 4. The summed E-state index contributed by atoms with van der Waals surface area (Å²) >= 11 is 0. The van der Waals surface area contributed by atoms with E-state index >= 15 is 0 Å². The van der Waals surface area contributed by atoms with Gasteiger partial charge in [-0.05, 0) is 19.3 Å². The number of nitrogens with two attached hydrogens (primary N) is 6. The van der Waals surface area contributed by atoms with Crippen molar-refractivity contribution in [2.45, 2.75) is 169 Å². The summed E-state index contributed by atoms with van der Waals surface area (Å²) < 4.78 is 22.7. The van der Waals surface area contributed by atoms with Crippen molar-refractivity contribution in [3.05, 3.63) is 0 Å². The lowest BCUT2D eigenvalue weighted by Gasteiger charge is -2.47. The van der Waals surface area contributed by atoms with E-state index in [-0.39, 0.29) is 19.4 Å². The molecule has 3 fully saturated rings. The van der Waals surface area contributed by atoms with Gasteiger partial charge in [-0.3, -0.25) is 4.79 Å². The summed E-state index contributed by atoms with van der Waals surface area (Å²) in [5.74, 6) is -0.877.